The minimum Gasteiger partial charge on any atom is -0.462 e. The fourth-order valence-corrected chi connectivity index (χ4v) is 10.3. The molecule has 0 spiro atoms. The lowest BCUT2D eigenvalue weighted by molar-refractivity contribution is -0.147. The Hall–Kier alpha value is -5.46. The van der Waals surface area contributed by atoms with Crippen molar-refractivity contribution in [3.63, 3.8) is 0 Å². The number of rotatable bonds is 14. The van der Waals surface area contributed by atoms with E-state index in [0.29, 0.717) is 37.2 Å². The van der Waals surface area contributed by atoms with Crippen molar-refractivity contribution in [2.24, 2.45) is 0 Å². The molecule has 10 N–H and O–H groups in total. The second-order valence-electron chi connectivity index (χ2n) is 15.3. The van der Waals surface area contributed by atoms with Crippen LogP contribution in [0.2, 0.25) is 0 Å². The van der Waals surface area contributed by atoms with E-state index in [4.69, 9.17) is 61.6 Å². The Balaban J connectivity index is 0.000000184. The standard InChI is InChI=1S/2C12H16FN3O4S.2C8H10FN3O3S/c1-2-3-9(17)19-5-10-20-8(6-21-10)16-4-7(13)11(14)15-12(16)18;1-2-3-9(17)19-6-10-20-5-8(21-10)16-4-7(13)11(14)15-12(16)18;9-4-1-12(8(14)11-7(4)10)5-3-16-6(2-13)15-5;9-4-1-12(8(14)11-7(4)10)5-3-15-6(2-13)16-5/h2*4,8,10H,2-3,5-6H2,1H3,(H2,14,15,18);2*1,5-6,13H,2-3H2,(H2,10,11,14)/t8-,10+;8-,10-;5-,6+;5-,6-/m0000/s1. The first-order valence-electron chi connectivity index (χ1n) is 22.0. The van der Waals surface area contributed by atoms with Gasteiger partial charge in [-0.25, -0.2) is 36.7 Å². The highest BCUT2D eigenvalue weighted by Gasteiger charge is 2.32. The van der Waals surface area contributed by atoms with E-state index in [-0.39, 0.29) is 67.8 Å². The number of hydrogen-bond donors (Lipinski definition) is 6. The Kier molecular flexibility index (Phi) is 22.8. The van der Waals surface area contributed by atoms with Gasteiger partial charge in [-0.2, -0.15) is 19.9 Å². The molecule has 4 fully saturated rings. The van der Waals surface area contributed by atoms with Crippen molar-refractivity contribution >= 4 is 82.3 Å². The molecule has 4 aliphatic heterocycles. The lowest BCUT2D eigenvalue weighted by Crippen LogP contribution is -2.30. The third kappa shape index (κ3) is 16.8. The lowest BCUT2D eigenvalue weighted by Gasteiger charge is -2.15. The molecule has 408 valence electrons. The Labute approximate surface area is 433 Å². The molecular formula is C40H52F4N12O14S4. The minimum atomic E-state index is -0.777. The summed E-state index contributed by atoms with van der Waals surface area (Å²) in [4.78, 5) is 82.2. The third-order valence-electron chi connectivity index (χ3n) is 9.88. The zero-order chi connectivity index (χ0) is 54.2. The maximum absolute atomic E-state index is 13.4. The van der Waals surface area contributed by atoms with Gasteiger partial charge in [-0.05, 0) is 12.8 Å². The van der Waals surface area contributed by atoms with E-state index >= 15 is 0 Å². The van der Waals surface area contributed by atoms with Gasteiger partial charge in [0.15, 0.2) is 46.5 Å². The number of carbonyl (C=O) groups excluding carboxylic acids is 2. The van der Waals surface area contributed by atoms with Crippen LogP contribution in [0, 0.1) is 23.3 Å². The molecule has 0 radical (unpaired) electrons. The molecule has 8 atom stereocenters. The first kappa shape index (κ1) is 59.4. The highest BCUT2D eigenvalue weighted by molar-refractivity contribution is 8.00. The highest BCUT2D eigenvalue weighted by atomic mass is 32.2. The van der Waals surface area contributed by atoms with Crippen LogP contribution >= 0.6 is 47.0 Å². The molecule has 0 unspecified atom stereocenters. The summed E-state index contributed by atoms with van der Waals surface area (Å²) in [5.74, 6) is -4.43. The monoisotopic (exact) mass is 1130 g/mol. The van der Waals surface area contributed by atoms with Crippen LogP contribution in [0.25, 0.3) is 0 Å². The molecule has 34 heteroatoms. The smallest absolute Gasteiger partial charge is 0.351 e. The number of esters is 2. The van der Waals surface area contributed by atoms with Crippen molar-refractivity contribution in [2.75, 3.05) is 74.1 Å². The summed E-state index contributed by atoms with van der Waals surface area (Å²) in [6.45, 7) is 4.08. The van der Waals surface area contributed by atoms with Gasteiger partial charge >= 0.3 is 34.7 Å². The molecule has 0 bridgehead atoms. The van der Waals surface area contributed by atoms with Crippen molar-refractivity contribution in [3.05, 3.63) is 90.0 Å². The van der Waals surface area contributed by atoms with E-state index in [9.17, 15) is 46.3 Å². The van der Waals surface area contributed by atoms with Crippen molar-refractivity contribution in [3.8, 4) is 0 Å². The van der Waals surface area contributed by atoms with E-state index in [1.54, 1.807) is 0 Å². The second kappa shape index (κ2) is 28.4. The lowest BCUT2D eigenvalue weighted by atomic mass is 10.3. The van der Waals surface area contributed by atoms with E-state index in [1.807, 2.05) is 13.8 Å². The van der Waals surface area contributed by atoms with Crippen molar-refractivity contribution in [1.82, 2.24) is 38.2 Å². The summed E-state index contributed by atoms with van der Waals surface area (Å²) in [5.41, 5.74) is 16.6. The van der Waals surface area contributed by atoms with Gasteiger partial charge in [0.25, 0.3) is 0 Å². The van der Waals surface area contributed by atoms with E-state index in [2.05, 4.69) is 19.9 Å². The molecule has 0 amide bonds. The molecule has 4 aromatic heterocycles. The molecule has 0 aliphatic carbocycles. The maximum Gasteiger partial charge on any atom is 0.351 e. The summed E-state index contributed by atoms with van der Waals surface area (Å²) < 4.78 is 88.9. The summed E-state index contributed by atoms with van der Waals surface area (Å²) in [5, 5.41) is 16.9. The molecular weight excluding hydrogens is 1080 g/mol. The maximum atomic E-state index is 13.4. The fraction of sp³-hybridized carbons (Fsp3) is 0.550. The van der Waals surface area contributed by atoms with Crippen LogP contribution in [0.5, 0.6) is 0 Å². The summed E-state index contributed by atoms with van der Waals surface area (Å²) in [6.07, 6.45) is 4.83. The average Bonchev–Trinajstić information content (AvgIpc) is 4.22. The zero-order valence-corrected chi connectivity index (χ0v) is 42.5. The number of nitrogen functional groups attached to an aromatic ring is 4. The van der Waals surface area contributed by atoms with Crippen LogP contribution in [0.1, 0.15) is 62.7 Å². The number of carbonyl (C=O) groups is 2. The molecule has 0 saturated carbocycles. The fourth-order valence-electron chi connectivity index (χ4n) is 6.25. The van der Waals surface area contributed by atoms with Crippen LogP contribution in [0.15, 0.2) is 44.0 Å². The quantitative estimate of drug-likeness (QED) is 0.0754. The van der Waals surface area contributed by atoms with Gasteiger partial charge < -0.3 is 61.6 Å². The number of halogens is 4. The van der Waals surface area contributed by atoms with Gasteiger partial charge in [0.05, 0.1) is 38.8 Å². The summed E-state index contributed by atoms with van der Waals surface area (Å²) in [7, 11) is 0. The summed E-state index contributed by atoms with van der Waals surface area (Å²) in [6, 6.07) is 0. The Morgan fingerprint density at radius 3 is 1.30 bits per heavy atom. The first-order valence-corrected chi connectivity index (χ1v) is 26.0. The average molecular weight is 1130 g/mol. The molecule has 8 rings (SSSR count). The zero-order valence-electron chi connectivity index (χ0n) is 39.2. The topological polar surface area (TPSA) is 374 Å². The predicted molar refractivity (Wildman–Crippen MR) is 263 cm³/mol. The molecule has 4 aliphatic rings. The molecule has 26 nitrogen and oxygen atoms in total. The number of hydrogen-bond acceptors (Lipinski definition) is 26. The van der Waals surface area contributed by atoms with Crippen LogP contribution in [-0.2, 0) is 38.0 Å². The van der Waals surface area contributed by atoms with Gasteiger partial charge in [-0.15, -0.1) is 35.3 Å². The number of aliphatic hydroxyl groups excluding tert-OH is 2. The van der Waals surface area contributed by atoms with Crippen LogP contribution < -0.4 is 45.7 Å². The van der Waals surface area contributed by atoms with Crippen LogP contribution in [0.4, 0.5) is 40.8 Å². The van der Waals surface area contributed by atoms with Gasteiger partial charge in [0, 0.05) is 36.7 Å². The highest BCUT2D eigenvalue weighted by Crippen LogP contribution is 2.36. The van der Waals surface area contributed by atoms with Crippen LogP contribution in [-0.4, -0.2) is 133 Å². The Morgan fingerprint density at radius 1 is 0.581 bits per heavy atom. The second-order valence-corrected chi connectivity index (χ2v) is 20.4. The predicted octanol–water partition coefficient (Wildman–Crippen LogP) is 0.882. The molecule has 8 heterocycles. The third-order valence-corrected chi connectivity index (χ3v) is 14.6. The molecule has 4 aromatic rings. The van der Waals surface area contributed by atoms with Crippen LogP contribution in [0.3, 0.4) is 0 Å². The largest absolute Gasteiger partial charge is 0.462 e. The number of aromatic nitrogens is 8. The molecule has 74 heavy (non-hydrogen) atoms. The van der Waals surface area contributed by atoms with Gasteiger partial charge in [-0.3, -0.25) is 27.9 Å². The Morgan fingerprint density at radius 2 is 0.919 bits per heavy atom. The van der Waals surface area contributed by atoms with E-state index in [0.717, 1.165) is 43.1 Å². The number of nitrogens with zero attached hydrogens (tertiary/aromatic N) is 8. The summed E-state index contributed by atoms with van der Waals surface area (Å²) >= 11 is 5.24. The number of nitrogens with two attached hydrogens (primary N) is 4. The minimum absolute atomic E-state index is 0.0969. The van der Waals surface area contributed by atoms with Gasteiger partial charge in [-0.1, -0.05) is 25.6 Å². The number of ether oxygens (including phenoxy) is 6. The Bertz CT molecular complexity index is 2620. The van der Waals surface area contributed by atoms with E-state index in [1.165, 1.54) is 47.0 Å². The number of anilines is 4. The SMILES string of the molecule is CCCC(=O)OC[C@@H]1O[C@H](n2cc(F)c(N)nc2=O)CS1.CCCC(=O)OC[C@H]1OC[C@@H](n2cc(F)c(N)nc2=O)S1.Nc1nc(=O)n([C@@H]2CO[C@H](CO)S2)cc1F.Nc1nc(=O)n([C@@H]2CS[C@H](CO)O2)cc1F. The number of aliphatic hydroxyl groups is 2. The first-order chi connectivity index (χ1) is 35.2. The normalized spacial score (nSPS) is 22.9. The van der Waals surface area contributed by atoms with E-state index < -0.39 is 98.0 Å². The van der Waals surface area contributed by atoms with Crippen molar-refractivity contribution in [2.45, 2.75) is 84.5 Å². The van der Waals surface area contributed by atoms with Crippen molar-refractivity contribution in [1.29, 1.82) is 0 Å². The van der Waals surface area contributed by atoms with Crippen molar-refractivity contribution < 1.29 is 65.8 Å². The van der Waals surface area contributed by atoms with Gasteiger partial charge in [0.1, 0.15) is 58.2 Å². The molecule has 4 saturated heterocycles. The van der Waals surface area contributed by atoms with Gasteiger partial charge in [0.2, 0.25) is 0 Å². The molecule has 0 aromatic carbocycles. The number of thioether (sulfide) groups is 4.